The van der Waals surface area contributed by atoms with E-state index in [2.05, 4.69) is 9.97 Å². The highest BCUT2D eigenvalue weighted by atomic mass is 32.2. The molecule has 3 N–H and O–H groups in total. The Hall–Kier alpha value is -1.10. The van der Waals surface area contributed by atoms with Gasteiger partial charge < -0.3 is 5.73 Å². The van der Waals surface area contributed by atoms with Crippen molar-refractivity contribution in [1.82, 2.24) is 9.97 Å². The van der Waals surface area contributed by atoms with E-state index < -0.39 is 0 Å². The molecule has 1 aromatic heterocycles. The van der Waals surface area contributed by atoms with Crippen molar-refractivity contribution >= 4 is 17.6 Å². The smallest absolute Gasteiger partial charge is 0.187 e. The number of nitrogens with zero attached hydrogens (tertiary/aromatic N) is 2. The van der Waals surface area contributed by atoms with Gasteiger partial charge in [-0.3, -0.25) is 5.41 Å². The largest absolute Gasteiger partial charge is 0.388 e. The third-order valence-electron chi connectivity index (χ3n) is 2.03. The van der Waals surface area contributed by atoms with Crippen LogP contribution in [0.5, 0.6) is 0 Å². The fraction of sp³-hybridized carbons (Fsp3) is 0.545. The van der Waals surface area contributed by atoms with Crippen molar-refractivity contribution in [3.8, 4) is 0 Å². The second-order valence-corrected chi connectivity index (χ2v) is 4.83. The molecule has 0 radical (unpaired) electrons. The number of nitrogens with one attached hydrogen (secondary N) is 1. The topological polar surface area (TPSA) is 75.7 Å². The number of aromatic nitrogens is 2. The maximum atomic E-state index is 7.10. The van der Waals surface area contributed by atoms with E-state index in [0.29, 0.717) is 6.42 Å². The SMILES string of the molecule is Cc1cc(C)nc(SCCCCC(=N)N)n1. The average Bonchev–Trinajstić information content (AvgIpc) is 2.15. The molecular weight excluding hydrogens is 220 g/mol. The number of aryl methyl sites for hydroxylation is 2. The maximum Gasteiger partial charge on any atom is 0.187 e. The minimum absolute atomic E-state index is 0.271. The molecular formula is C11H18N4S. The molecule has 4 nitrogen and oxygen atoms in total. The molecule has 0 spiro atoms. The number of hydrogen-bond acceptors (Lipinski definition) is 4. The quantitative estimate of drug-likeness (QED) is 0.262. The molecule has 88 valence electrons. The lowest BCUT2D eigenvalue weighted by Crippen LogP contribution is -2.08. The van der Waals surface area contributed by atoms with Crippen LogP contribution in [0.1, 0.15) is 30.7 Å². The van der Waals surface area contributed by atoms with Gasteiger partial charge in [-0.1, -0.05) is 11.8 Å². The van der Waals surface area contributed by atoms with Crippen molar-refractivity contribution in [1.29, 1.82) is 5.41 Å². The van der Waals surface area contributed by atoms with Gasteiger partial charge in [-0.2, -0.15) is 0 Å². The van der Waals surface area contributed by atoms with Crippen LogP contribution in [0.15, 0.2) is 11.2 Å². The Bertz CT molecular complexity index is 345. The van der Waals surface area contributed by atoms with E-state index in [-0.39, 0.29) is 5.84 Å². The number of amidine groups is 1. The molecule has 0 aliphatic rings. The number of thioether (sulfide) groups is 1. The van der Waals surface area contributed by atoms with Gasteiger partial charge in [0.1, 0.15) is 0 Å². The Morgan fingerprint density at radius 2 is 1.94 bits per heavy atom. The van der Waals surface area contributed by atoms with Crippen molar-refractivity contribution in [2.24, 2.45) is 5.73 Å². The summed E-state index contributed by atoms with van der Waals surface area (Å²) >= 11 is 1.67. The van der Waals surface area contributed by atoms with Crippen molar-refractivity contribution in [2.45, 2.75) is 38.3 Å². The van der Waals surface area contributed by atoms with Crippen molar-refractivity contribution in [3.63, 3.8) is 0 Å². The minimum atomic E-state index is 0.271. The van der Waals surface area contributed by atoms with Crippen LogP contribution >= 0.6 is 11.8 Å². The van der Waals surface area contributed by atoms with E-state index in [1.54, 1.807) is 11.8 Å². The fourth-order valence-corrected chi connectivity index (χ4v) is 2.29. The predicted octanol–water partition coefficient (Wildman–Crippen LogP) is 2.29. The Balaban J connectivity index is 2.29. The van der Waals surface area contributed by atoms with Gasteiger partial charge in [-0.25, -0.2) is 9.97 Å². The first kappa shape index (κ1) is 13.0. The summed E-state index contributed by atoms with van der Waals surface area (Å²) in [4.78, 5) is 8.70. The molecule has 1 rings (SSSR count). The van der Waals surface area contributed by atoms with Gasteiger partial charge in [-0.15, -0.1) is 0 Å². The molecule has 0 aromatic carbocycles. The van der Waals surface area contributed by atoms with E-state index in [4.69, 9.17) is 11.1 Å². The lowest BCUT2D eigenvalue weighted by atomic mass is 10.2. The van der Waals surface area contributed by atoms with E-state index in [1.165, 1.54) is 0 Å². The average molecular weight is 238 g/mol. The summed E-state index contributed by atoms with van der Waals surface area (Å²) in [5.41, 5.74) is 7.30. The molecule has 0 aliphatic heterocycles. The monoisotopic (exact) mass is 238 g/mol. The van der Waals surface area contributed by atoms with Crippen LogP contribution in [0.2, 0.25) is 0 Å². The van der Waals surface area contributed by atoms with E-state index in [0.717, 1.165) is 35.1 Å². The summed E-state index contributed by atoms with van der Waals surface area (Å²) in [7, 11) is 0. The molecule has 0 atom stereocenters. The number of unbranched alkanes of at least 4 members (excludes halogenated alkanes) is 1. The third-order valence-corrected chi connectivity index (χ3v) is 2.97. The zero-order valence-corrected chi connectivity index (χ0v) is 10.6. The van der Waals surface area contributed by atoms with Crippen LogP contribution in [-0.2, 0) is 0 Å². The highest BCUT2D eigenvalue weighted by Crippen LogP contribution is 2.16. The van der Waals surface area contributed by atoms with Gasteiger partial charge in [0.25, 0.3) is 0 Å². The Labute approximate surface area is 101 Å². The molecule has 0 aliphatic carbocycles. The van der Waals surface area contributed by atoms with Crippen LogP contribution in [0.25, 0.3) is 0 Å². The van der Waals surface area contributed by atoms with Gasteiger partial charge in [0, 0.05) is 23.6 Å². The summed E-state index contributed by atoms with van der Waals surface area (Å²) in [5, 5.41) is 7.94. The lowest BCUT2D eigenvalue weighted by molar-refractivity contribution is 0.831. The van der Waals surface area contributed by atoms with Crippen molar-refractivity contribution < 1.29 is 0 Å². The van der Waals surface area contributed by atoms with Gasteiger partial charge in [0.05, 0.1) is 5.84 Å². The molecule has 5 heteroatoms. The number of nitrogens with two attached hydrogens (primary N) is 1. The van der Waals surface area contributed by atoms with Crippen LogP contribution in [0.3, 0.4) is 0 Å². The molecule has 0 unspecified atom stereocenters. The summed E-state index contributed by atoms with van der Waals surface area (Å²) in [6, 6.07) is 1.97. The second kappa shape index (κ2) is 6.48. The van der Waals surface area contributed by atoms with Crippen LogP contribution in [0, 0.1) is 19.3 Å². The minimum Gasteiger partial charge on any atom is -0.388 e. The first-order valence-corrected chi connectivity index (χ1v) is 6.34. The zero-order chi connectivity index (χ0) is 12.0. The van der Waals surface area contributed by atoms with Gasteiger partial charge in [0.2, 0.25) is 0 Å². The predicted molar refractivity (Wildman–Crippen MR) is 68.0 cm³/mol. The first-order valence-electron chi connectivity index (χ1n) is 5.36. The first-order chi connectivity index (χ1) is 7.58. The van der Waals surface area contributed by atoms with E-state index in [9.17, 15) is 0 Å². The Morgan fingerprint density at radius 1 is 1.31 bits per heavy atom. The molecule has 1 heterocycles. The molecule has 0 saturated heterocycles. The number of rotatable bonds is 6. The molecule has 0 saturated carbocycles. The molecule has 16 heavy (non-hydrogen) atoms. The lowest BCUT2D eigenvalue weighted by Gasteiger charge is -2.02. The Morgan fingerprint density at radius 3 is 2.50 bits per heavy atom. The second-order valence-electron chi connectivity index (χ2n) is 3.76. The van der Waals surface area contributed by atoms with Gasteiger partial charge in [0.15, 0.2) is 5.16 Å². The summed E-state index contributed by atoms with van der Waals surface area (Å²) in [6.45, 7) is 3.96. The summed E-state index contributed by atoms with van der Waals surface area (Å²) < 4.78 is 0. The summed E-state index contributed by atoms with van der Waals surface area (Å²) in [5.74, 6) is 1.25. The summed E-state index contributed by atoms with van der Waals surface area (Å²) in [6.07, 6.45) is 2.70. The highest BCUT2D eigenvalue weighted by Gasteiger charge is 2.00. The van der Waals surface area contributed by atoms with Gasteiger partial charge in [-0.05, 0) is 32.8 Å². The van der Waals surface area contributed by atoms with Gasteiger partial charge >= 0.3 is 0 Å². The third kappa shape index (κ3) is 5.11. The van der Waals surface area contributed by atoms with E-state index >= 15 is 0 Å². The maximum absolute atomic E-state index is 7.10. The Kier molecular flexibility index (Phi) is 5.25. The van der Waals surface area contributed by atoms with Crippen molar-refractivity contribution in [3.05, 3.63) is 17.5 Å². The molecule has 1 aromatic rings. The fourth-order valence-electron chi connectivity index (χ4n) is 1.34. The molecule has 0 bridgehead atoms. The number of hydrogen-bond donors (Lipinski definition) is 2. The highest BCUT2D eigenvalue weighted by molar-refractivity contribution is 7.99. The van der Waals surface area contributed by atoms with Crippen LogP contribution < -0.4 is 5.73 Å². The molecule has 0 amide bonds. The normalized spacial score (nSPS) is 10.4. The van der Waals surface area contributed by atoms with Crippen LogP contribution in [0.4, 0.5) is 0 Å². The van der Waals surface area contributed by atoms with Crippen molar-refractivity contribution in [2.75, 3.05) is 5.75 Å². The molecule has 0 fully saturated rings. The zero-order valence-electron chi connectivity index (χ0n) is 9.79. The standard InChI is InChI=1S/C11H18N4S/c1-8-7-9(2)15-11(14-8)16-6-4-3-5-10(12)13/h7H,3-6H2,1-2H3,(H3,12,13). The van der Waals surface area contributed by atoms with E-state index in [1.807, 2.05) is 19.9 Å². The van der Waals surface area contributed by atoms with Crippen LogP contribution in [-0.4, -0.2) is 21.6 Å².